The highest BCUT2D eigenvalue weighted by Gasteiger charge is 2.12. The highest BCUT2D eigenvalue weighted by molar-refractivity contribution is 6.30. The second-order valence-corrected chi connectivity index (χ2v) is 8.81. The second-order valence-electron chi connectivity index (χ2n) is 7.94. The van der Waals surface area contributed by atoms with Gasteiger partial charge in [0.05, 0.1) is 18.9 Å². The molecule has 4 aromatic carbocycles. The maximum Gasteiger partial charge on any atom is 0.275 e. The highest BCUT2D eigenvalue weighted by Crippen LogP contribution is 2.28. The van der Waals surface area contributed by atoms with E-state index in [0.29, 0.717) is 46.1 Å². The number of nitrogens with zero attached hydrogens (tertiary/aromatic N) is 1. The Bertz CT molecular complexity index is 1370. The number of methoxy groups -OCH3 is 1. The number of carbonyl (C=O) groups excluding carboxylic acids is 1. The van der Waals surface area contributed by atoms with E-state index >= 15 is 0 Å². The Labute approximate surface area is 225 Å². The van der Waals surface area contributed by atoms with E-state index < -0.39 is 5.91 Å². The van der Waals surface area contributed by atoms with Crippen molar-refractivity contribution in [1.82, 2.24) is 5.43 Å². The number of hydrogen-bond donors (Lipinski definition) is 1. The number of para-hydroxylation sites is 1. The molecule has 1 N–H and O–H groups in total. The minimum Gasteiger partial charge on any atom is -0.493 e. The molecule has 0 atom stereocenters. The monoisotopic (exact) mass is 534 g/mol. The Hall–Kier alpha value is -4.00. The zero-order valence-corrected chi connectivity index (χ0v) is 21.5. The lowest BCUT2D eigenvalue weighted by molar-refractivity contribution is 0.0950. The quantitative estimate of drug-likeness (QED) is 0.177. The molecular formula is C29H24Cl2N2O4. The van der Waals surface area contributed by atoms with Crippen molar-refractivity contribution in [3.63, 3.8) is 0 Å². The molecule has 0 radical (unpaired) electrons. The van der Waals surface area contributed by atoms with Gasteiger partial charge in [-0.05, 0) is 71.3 Å². The van der Waals surface area contributed by atoms with Gasteiger partial charge in [0.2, 0.25) is 0 Å². The van der Waals surface area contributed by atoms with Gasteiger partial charge in [0, 0.05) is 10.0 Å². The molecule has 4 rings (SSSR count). The first-order valence-corrected chi connectivity index (χ1v) is 12.1. The van der Waals surface area contributed by atoms with Crippen LogP contribution in [0.25, 0.3) is 0 Å². The van der Waals surface area contributed by atoms with E-state index in [-0.39, 0.29) is 0 Å². The fourth-order valence-electron chi connectivity index (χ4n) is 3.37. The van der Waals surface area contributed by atoms with Gasteiger partial charge in [0.25, 0.3) is 5.91 Å². The van der Waals surface area contributed by atoms with Crippen LogP contribution in [-0.4, -0.2) is 19.2 Å². The Morgan fingerprint density at radius 1 is 0.784 bits per heavy atom. The zero-order valence-electron chi connectivity index (χ0n) is 20.0. The number of ether oxygens (including phenoxy) is 3. The van der Waals surface area contributed by atoms with Gasteiger partial charge in [0.1, 0.15) is 19.0 Å². The van der Waals surface area contributed by atoms with Gasteiger partial charge in [0.15, 0.2) is 11.5 Å². The Kier molecular flexibility index (Phi) is 9.03. The van der Waals surface area contributed by atoms with E-state index in [4.69, 9.17) is 37.4 Å². The lowest BCUT2D eigenvalue weighted by Crippen LogP contribution is -2.18. The van der Waals surface area contributed by atoms with E-state index in [1.54, 1.807) is 55.6 Å². The van der Waals surface area contributed by atoms with Crippen molar-refractivity contribution < 1.29 is 19.0 Å². The molecule has 0 fully saturated rings. The van der Waals surface area contributed by atoms with Gasteiger partial charge in [-0.2, -0.15) is 5.10 Å². The molecule has 0 bridgehead atoms. The maximum atomic E-state index is 12.8. The van der Waals surface area contributed by atoms with E-state index in [1.165, 1.54) is 6.21 Å². The summed E-state index contributed by atoms with van der Waals surface area (Å²) in [5.74, 6) is 1.20. The first-order chi connectivity index (χ1) is 18.0. The third-order valence-corrected chi connectivity index (χ3v) is 5.82. The number of halogens is 2. The van der Waals surface area contributed by atoms with Crippen LogP contribution in [0.2, 0.25) is 10.0 Å². The molecule has 0 spiro atoms. The van der Waals surface area contributed by atoms with Crippen LogP contribution < -0.4 is 19.6 Å². The topological polar surface area (TPSA) is 69.2 Å². The van der Waals surface area contributed by atoms with Crippen LogP contribution >= 0.6 is 23.2 Å². The first-order valence-electron chi connectivity index (χ1n) is 11.4. The molecule has 188 valence electrons. The van der Waals surface area contributed by atoms with Crippen LogP contribution in [0, 0.1) is 0 Å². The van der Waals surface area contributed by atoms with Crippen molar-refractivity contribution in [2.75, 3.05) is 7.11 Å². The summed E-state index contributed by atoms with van der Waals surface area (Å²) in [6.07, 6.45) is 1.53. The normalized spacial score (nSPS) is 10.8. The van der Waals surface area contributed by atoms with Crippen LogP contribution in [0.15, 0.2) is 96.1 Å². The van der Waals surface area contributed by atoms with Gasteiger partial charge in [-0.25, -0.2) is 5.43 Å². The first kappa shape index (κ1) is 26.1. The molecule has 0 aliphatic rings. The molecule has 0 unspecified atom stereocenters. The van der Waals surface area contributed by atoms with Gasteiger partial charge in [-0.1, -0.05) is 59.6 Å². The number of benzene rings is 4. The molecule has 37 heavy (non-hydrogen) atoms. The molecule has 4 aromatic rings. The fraction of sp³-hybridized carbons (Fsp3) is 0.103. The molecule has 0 heterocycles. The van der Waals surface area contributed by atoms with Crippen LogP contribution in [0.3, 0.4) is 0 Å². The zero-order chi connectivity index (χ0) is 26.0. The van der Waals surface area contributed by atoms with Crippen molar-refractivity contribution in [1.29, 1.82) is 0 Å². The second kappa shape index (κ2) is 12.8. The van der Waals surface area contributed by atoms with Crippen molar-refractivity contribution in [2.24, 2.45) is 5.10 Å². The molecule has 0 saturated heterocycles. The van der Waals surface area contributed by atoms with Crippen molar-refractivity contribution in [3.8, 4) is 17.2 Å². The minimum absolute atomic E-state index is 0.303. The third kappa shape index (κ3) is 7.49. The van der Waals surface area contributed by atoms with Gasteiger partial charge in [-0.15, -0.1) is 0 Å². The molecule has 0 saturated carbocycles. The summed E-state index contributed by atoms with van der Waals surface area (Å²) in [7, 11) is 1.56. The highest BCUT2D eigenvalue weighted by atomic mass is 35.5. The Morgan fingerprint density at radius 3 is 2.00 bits per heavy atom. The summed E-state index contributed by atoms with van der Waals surface area (Å²) in [6, 6.07) is 27.1. The van der Waals surface area contributed by atoms with Crippen LogP contribution in [-0.2, 0) is 13.2 Å². The molecule has 0 aromatic heterocycles. The summed E-state index contributed by atoms with van der Waals surface area (Å²) in [6.45, 7) is 0.674. The third-order valence-electron chi connectivity index (χ3n) is 5.31. The van der Waals surface area contributed by atoms with Crippen molar-refractivity contribution in [3.05, 3.63) is 123 Å². The van der Waals surface area contributed by atoms with Crippen LogP contribution in [0.5, 0.6) is 17.2 Å². The summed E-state index contributed by atoms with van der Waals surface area (Å²) >= 11 is 11.9. The standard InChI is InChI=1S/C29H24Cl2N2O4/c1-35-28-16-22(10-15-27(28)37-19-21-8-13-24(31)14-9-21)17-32-33-29(34)25-4-2-3-5-26(25)36-18-20-6-11-23(30)12-7-20/h2-17H,18-19H2,1H3,(H,33,34)/b32-17-. The average molecular weight is 535 g/mol. The number of hydrogen-bond acceptors (Lipinski definition) is 5. The van der Waals surface area contributed by atoms with Gasteiger partial charge >= 0.3 is 0 Å². The largest absolute Gasteiger partial charge is 0.493 e. The number of rotatable bonds is 10. The van der Waals surface area contributed by atoms with Crippen molar-refractivity contribution in [2.45, 2.75) is 13.2 Å². The number of nitrogens with one attached hydrogen (secondary N) is 1. The van der Waals surface area contributed by atoms with Crippen molar-refractivity contribution >= 4 is 35.3 Å². The molecule has 6 nitrogen and oxygen atoms in total. The minimum atomic E-state index is -0.391. The molecule has 0 aliphatic heterocycles. The van der Waals surface area contributed by atoms with Gasteiger partial charge < -0.3 is 14.2 Å². The van der Waals surface area contributed by atoms with Crippen LogP contribution in [0.1, 0.15) is 27.0 Å². The SMILES string of the molecule is COc1cc(/C=N\NC(=O)c2ccccc2OCc2ccc(Cl)cc2)ccc1OCc1ccc(Cl)cc1. The van der Waals surface area contributed by atoms with Gasteiger partial charge in [-0.3, -0.25) is 4.79 Å². The Balaban J connectivity index is 1.36. The summed E-state index contributed by atoms with van der Waals surface area (Å²) in [5, 5.41) is 5.41. The summed E-state index contributed by atoms with van der Waals surface area (Å²) < 4.78 is 17.2. The lowest BCUT2D eigenvalue weighted by atomic mass is 10.2. The summed E-state index contributed by atoms with van der Waals surface area (Å²) in [4.78, 5) is 12.8. The van der Waals surface area contributed by atoms with E-state index in [2.05, 4.69) is 10.5 Å². The number of amides is 1. The predicted molar refractivity (Wildman–Crippen MR) is 146 cm³/mol. The smallest absolute Gasteiger partial charge is 0.275 e. The van der Waals surface area contributed by atoms with Crippen LogP contribution in [0.4, 0.5) is 0 Å². The molecule has 1 amide bonds. The summed E-state index contributed by atoms with van der Waals surface area (Å²) in [5.41, 5.74) is 5.57. The predicted octanol–water partition coefficient (Wildman–Crippen LogP) is 6.92. The van der Waals surface area contributed by atoms with E-state index in [9.17, 15) is 4.79 Å². The molecule has 8 heteroatoms. The fourth-order valence-corrected chi connectivity index (χ4v) is 3.62. The lowest BCUT2D eigenvalue weighted by Gasteiger charge is -2.11. The number of hydrazone groups is 1. The van der Waals surface area contributed by atoms with E-state index in [0.717, 1.165) is 16.7 Å². The van der Waals surface area contributed by atoms with E-state index in [1.807, 2.05) is 42.5 Å². The molecule has 0 aliphatic carbocycles. The average Bonchev–Trinajstić information content (AvgIpc) is 2.93. The Morgan fingerprint density at radius 2 is 1.38 bits per heavy atom. The molecular weight excluding hydrogens is 511 g/mol. The maximum absolute atomic E-state index is 12.8. The number of carbonyl (C=O) groups is 1.